The van der Waals surface area contributed by atoms with Crippen LogP contribution < -0.4 is 10.5 Å². The van der Waals surface area contributed by atoms with Gasteiger partial charge in [0.1, 0.15) is 12.4 Å². The van der Waals surface area contributed by atoms with Crippen LogP contribution in [-0.2, 0) is 9.53 Å². The quantitative estimate of drug-likeness (QED) is 0.774. The van der Waals surface area contributed by atoms with E-state index in [1.807, 2.05) is 0 Å². The van der Waals surface area contributed by atoms with Crippen molar-refractivity contribution in [1.29, 1.82) is 0 Å². The Morgan fingerprint density at radius 1 is 1.29 bits per heavy atom. The zero-order chi connectivity index (χ0) is 12.8. The Labute approximate surface area is 99.5 Å². The zero-order valence-electron chi connectivity index (χ0n) is 9.80. The van der Waals surface area contributed by atoms with Gasteiger partial charge in [-0.1, -0.05) is 0 Å². The highest BCUT2D eigenvalue weighted by Gasteiger charge is 2.13. The van der Waals surface area contributed by atoms with Gasteiger partial charge >= 0.3 is 5.97 Å². The number of benzene rings is 1. The van der Waals surface area contributed by atoms with Gasteiger partial charge in [0.05, 0.1) is 13.0 Å². The van der Waals surface area contributed by atoms with Crippen molar-refractivity contribution in [2.75, 3.05) is 13.7 Å². The smallest absolute Gasteiger partial charge is 0.311 e. The van der Waals surface area contributed by atoms with Crippen molar-refractivity contribution >= 4 is 11.9 Å². The summed E-state index contributed by atoms with van der Waals surface area (Å²) in [6.45, 7) is 1.94. The van der Waals surface area contributed by atoms with Gasteiger partial charge in [-0.25, -0.2) is 0 Å². The summed E-state index contributed by atoms with van der Waals surface area (Å²) in [6, 6.07) is 6.40. The summed E-state index contributed by atoms with van der Waals surface area (Å²) >= 11 is 0. The van der Waals surface area contributed by atoms with Crippen LogP contribution >= 0.6 is 0 Å². The molecule has 1 unspecified atom stereocenters. The van der Waals surface area contributed by atoms with Crippen molar-refractivity contribution in [3.8, 4) is 5.75 Å². The first-order chi connectivity index (χ1) is 8.04. The van der Waals surface area contributed by atoms with E-state index >= 15 is 0 Å². The molecule has 0 aliphatic rings. The van der Waals surface area contributed by atoms with E-state index in [-0.39, 0.29) is 18.5 Å². The predicted molar refractivity (Wildman–Crippen MR) is 61.6 cm³/mol. The molecule has 2 N–H and O–H groups in total. The number of hydrogen-bond acceptors (Lipinski definition) is 4. The number of esters is 1. The summed E-state index contributed by atoms with van der Waals surface area (Å²) in [7, 11) is 1.33. The molecule has 0 heterocycles. The standard InChI is InChI=1S/C12H15NO4/c1-8(12(15)16-2)7-17-10-5-3-9(4-6-10)11(13)14/h3-6,8H,7H2,1-2H3,(H2,13,14). The molecule has 0 saturated carbocycles. The number of rotatable bonds is 5. The average molecular weight is 237 g/mol. The van der Waals surface area contributed by atoms with Gasteiger partial charge in [0.15, 0.2) is 0 Å². The summed E-state index contributed by atoms with van der Waals surface area (Å²) in [5.74, 6) is -0.570. The van der Waals surface area contributed by atoms with Crippen LogP contribution in [0.15, 0.2) is 24.3 Å². The van der Waals surface area contributed by atoms with Crippen molar-refractivity contribution < 1.29 is 19.1 Å². The molecule has 0 radical (unpaired) electrons. The summed E-state index contributed by atoms with van der Waals surface area (Å²) in [4.78, 5) is 21.9. The Kier molecular flexibility index (Phi) is 4.51. The fraction of sp³-hybridized carbons (Fsp3) is 0.333. The van der Waals surface area contributed by atoms with Gasteiger partial charge in [-0.3, -0.25) is 9.59 Å². The molecule has 1 rings (SSSR count). The van der Waals surface area contributed by atoms with E-state index in [1.54, 1.807) is 31.2 Å². The van der Waals surface area contributed by atoms with Crippen LogP contribution in [0.4, 0.5) is 0 Å². The molecule has 5 heteroatoms. The van der Waals surface area contributed by atoms with E-state index < -0.39 is 5.91 Å². The lowest BCUT2D eigenvalue weighted by molar-refractivity contribution is -0.145. The second-order valence-corrected chi connectivity index (χ2v) is 3.62. The molecule has 1 aromatic carbocycles. The topological polar surface area (TPSA) is 78.6 Å². The number of amides is 1. The van der Waals surface area contributed by atoms with Gasteiger partial charge < -0.3 is 15.2 Å². The summed E-state index contributed by atoms with van der Waals surface area (Å²) in [6.07, 6.45) is 0. The Balaban J connectivity index is 2.53. The molecule has 0 aromatic heterocycles. The van der Waals surface area contributed by atoms with Crippen molar-refractivity contribution in [1.82, 2.24) is 0 Å². The summed E-state index contributed by atoms with van der Waals surface area (Å²) in [5.41, 5.74) is 5.52. The van der Waals surface area contributed by atoms with Crippen molar-refractivity contribution in [2.24, 2.45) is 11.7 Å². The highest BCUT2D eigenvalue weighted by atomic mass is 16.5. The van der Waals surface area contributed by atoms with Gasteiger partial charge in [-0.15, -0.1) is 0 Å². The maximum absolute atomic E-state index is 11.1. The zero-order valence-corrected chi connectivity index (χ0v) is 9.80. The van der Waals surface area contributed by atoms with Crippen LogP contribution in [0, 0.1) is 5.92 Å². The molecule has 0 bridgehead atoms. The highest BCUT2D eigenvalue weighted by Crippen LogP contribution is 2.13. The molecule has 17 heavy (non-hydrogen) atoms. The second kappa shape index (κ2) is 5.89. The maximum atomic E-state index is 11.1. The van der Waals surface area contributed by atoms with Crippen molar-refractivity contribution in [3.05, 3.63) is 29.8 Å². The number of hydrogen-bond donors (Lipinski definition) is 1. The van der Waals surface area contributed by atoms with Crippen LogP contribution in [-0.4, -0.2) is 25.6 Å². The minimum Gasteiger partial charge on any atom is -0.493 e. The first-order valence-corrected chi connectivity index (χ1v) is 5.15. The molecule has 0 aliphatic carbocycles. The lowest BCUT2D eigenvalue weighted by Crippen LogP contribution is -2.20. The normalized spacial score (nSPS) is 11.6. The average Bonchev–Trinajstić information content (AvgIpc) is 2.35. The van der Waals surface area contributed by atoms with E-state index in [1.165, 1.54) is 7.11 Å². The number of methoxy groups -OCH3 is 1. The number of nitrogens with two attached hydrogens (primary N) is 1. The minimum absolute atomic E-state index is 0.225. The SMILES string of the molecule is COC(=O)C(C)COc1ccc(C(N)=O)cc1. The third-order valence-electron chi connectivity index (χ3n) is 2.24. The molecule has 0 fully saturated rings. The summed E-state index contributed by atoms with van der Waals surface area (Å²) < 4.78 is 9.94. The van der Waals surface area contributed by atoms with Crippen LogP contribution in [0.1, 0.15) is 17.3 Å². The maximum Gasteiger partial charge on any atom is 0.311 e. The Morgan fingerprint density at radius 2 is 1.88 bits per heavy atom. The number of primary amides is 1. The number of carbonyl (C=O) groups excluding carboxylic acids is 2. The van der Waals surface area contributed by atoms with Crippen LogP contribution in [0.3, 0.4) is 0 Å². The van der Waals surface area contributed by atoms with Gasteiger partial charge in [0.25, 0.3) is 0 Å². The lowest BCUT2D eigenvalue weighted by atomic mass is 10.2. The first kappa shape index (κ1) is 13.0. The Hall–Kier alpha value is -2.04. The van der Waals surface area contributed by atoms with Gasteiger partial charge in [0, 0.05) is 5.56 Å². The Morgan fingerprint density at radius 3 is 2.35 bits per heavy atom. The third-order valence-corrected chi connectivity index (χ3v) is 2.24. The number of ether oxygens (including phenoxy) is 2. The minimum atomic E-state index is -0.487. The van der Waals surface area contributed by atoms with E-state index in [4.69, 9.17) is 10.5 Å². The molecule has 0 saturated heterocycles. The van der Waals surface area contributed by atoms with Crippen LogP contribution in [0.2, 0.25) is 0 Å². The molecule has 92 valence electrons. The van der Waals surface area contributed by atoms with Gasteiger partial charge in [-0.05, 0) is 31.2 Å². The number of carbonyl (C=O) groups is 2. The molecule has 1 amide bonds. The molecule has 1 atom stereocenters. The monoisotopic (exact) mass is 237 g/mol. The largest absolute Gasteiger partial charge is 0.493 e. The van der Waals surface area contributed by atoms with E-state index in [2.05, 4.69) is 4.74 Å². The summed E-state index contributed by atoms with van der Waals surface area (Å²) in [5, 5.41) is 0. The van der Waals surface area contributed by atoms with Crippen molar-refractivity contribution in [2.45, 2.75) is 6.92 Å². The molecule has 0 aliphatic heterocycles. The van der Waals surface area contributed by atoms with Gasteiger partial charge in [-0.2, -0.15) is 0 Å². The second-order valence-electron chi connectivity index (χ2n) is 3.62. The Bertz CT molecular complexity index is 399. The fourth-order valence-corrected chi connectivity index (χ4v) is 1.21. The van der Waals surface area contributed by atoms with E-state index in [0.29, 0.717) is 11.3 Å². The predicted octanol–water partition coefficient (Wildman–Crippen LogP) is 0.973. The fourth-order valence-electron chi connectivity index (χ4n) is 1.21. The molecular formula is C12H15NO4. The van der Waals surface area contributed by atoms with Gasteiger partial charge in [0.2, 0.25) is 5.91 Å². The molecule has 5 nitrogen and oxygen atoms in total. The highest BCUT2D eigenvalue weighted by molar-refractivity contribution is 5.92. The molecule has 0 spiro atoms. The lowest BCUT2D eigenvalue weighted by Gasteiger charge is -2.11. The molecule has 1 aromatic rings. The third kappa shape index (κ3) is 3.79. The van der Waals surface area contributed by atoms with Crippen molar-refractivity contribution in [3.63, 3.8) is 0 Å². The van der Waals surface area contributed by atoms with Crippen LogP contribution in [0.5, 0.6) is 5.75 Å². The van der Waals surface area contributed by atoms with E-state index in [9.17, 15) is 9.59 Å². The van der Waals surface area contributed by atoms with E-state index in [0.717, 1.165) is 0 Å². The first-order valence-electron chi connectivity index (χ1n) is 5.15. The van der Waals surface area contributed by atoms with Crippen LogP contribution in [0.25, 0.3) is 0 Å². The molecular weight excluding hydrogens is 222 g/mol.